The molecule has 0 aliphatic rings. The predicted octanol–water partition coefficient (Wildman–Crippen LogP) is 4.05. The summed E-state index contributed by atoms with van der Waals surface area (Å²) in [7, 11) is 0. The zero-order valence-electron chi connectivity index (χ0n) is 10.2. The van der Waals surface area contributed by atoms with E-state index in [0.29, 0.717) is 17.1 Å². The van der Waals surface area contributed by atoms with Crippen LogP contribution >= 0.6 is 0 Å². The first-order valence-corrected chi connectivity index (χ1v) is 5.60. The molecule has 0 heterocycles. The zero-order chi connectivity index (χ0) is 13.1. The molecule has 0 N–H and O–H groups in total. The van der Waals surface area contributed by atoms with Crippen LogP contribution in [0.1, 0.15) is 21.5 Å². The van der Waals surface area contributed by atoms with Crippen LogP contribution in [0, 0.1) is 19.7 Å². The van der Waals surface area contributed by atoms with Crippen molar-refractivity contribution in [2.24, 2.45) is 0 Å². The van der Waals surface area contributed by atoms with E-state index in [9.17, 15) is 9.18 Å². The molecule has 0 saturated carbocycles. The molecule has 0 aromatic heterocycles. The van der Waals surface area contributed by atoms with Gasteiger partial charge in [0.05, 0.1) is 5.56 Å². The normalized spacial score (nSPS) is 10.2. The first-order valence-electron chi connectivity index (χ1n) is 5.60. The number of carbonyl (C=O) groups excluding carboxylic acids is 1. The highest BCUT2D eigenvalue weighted by Crippen LogP contribution is 2.28. The minimum Gasteiger partial charge on any atom is -0.456 e. The summed E-state index contributed by atoms with van der Waals surface area (Å²) in [5.41, 5.74) is 2.24. The van der Waals surface area contributed by atoms with Gasteiger partial charge in [0.15, 0.2) is 6.29 Å². The third-order valence-corrected chi connectivity index (χ3v) is 2.66. The lowest BCUT2D eigenvalue weighted by Crippen LogP contribution is -1.93. The highest BCUT2D eigenvalue weighted by Gasteiger charge is 2.07. The summed E-state index contributed by atoms with van der Waals surface area (Å²) < 4.78 is 18.7. The number of hydrogen-bond acceptors (Lipinski definition) is 2. The minimum atomic E-state index is -0.365. The van der Waals surface area contributed by atoms with E-state index in [2.05, 4.69) is 0 Å². The molecule has 0 spiro atoms. The zero-order valence-corrected chi connectivity index (χ0v) is 10.2. The Bertz CT molecular complexity index is 591. The van der Waals surface area contributed by atoms with Crippen molar-refractivity contribution in [3.8, 4) is 11.5 Å². The third kappa shape index (κ3) is 2.56. The van der Waals surface area contributed by atoms with E-state index in [-0.39, 0.29) is 5.82 Å². The second-order valence-electron chi connectivity index (χ2n) is 4.17. The summed E-state index contributed by atoms with van der Waals surface area (Å²) in [4.78, 5) is 11.0. The van der Waals surface area contributed by atoms with E-state index < -0.39 is 0 Å². The Hall–Kier alpha value is -2.16. The largest absolute Gasteiger partial charge is 0.456 e. The lowest BCUT2D eigenvalue weighted by Gasteiger charge is -2.11. The third-order valence-electron chi connectivity index (χ3n) is 2.66. The van der Waals surface area contributed by atoms with Crippen molar-refractivity contribution >= 4 is 6.29 Å². The molecule has 2 rings (SSSR count). The van der Waals surface area contributed by atoms with Crippen LogP contribution in [-0.4, -0.2) is 6.29 Å². The molecule has 2 aromatic rings. The van der Waals surface area contributed by atoms with Gasteiger partial charge in [-0.1, -0.05) is 17.7 Å². The second kappa shape index (κ2) is 5.00. The molecule has 0 radical (unpaired) electrons. The summed E-state index contributed by atoms with van der Waals surface area (Å²) in [6.45, 7) is 3.72. The van der Waals surface area contributed by atoms with Crippen molar-refractivity contribution in [3.63, 3.8) is 0 Å². The molecule has 0 saturated heterocycles. The lowest BCUT2D eigenvalue weighted by atomic mass is 10.1. The smallest absolute Gasteiger partial charge is 0.153 e. The quantitative estimate of drug-likeness (QED) is 0.761. The number of halogens is 1. The molecule has 0 atom stereocenters. The SMILES string of the molecule is Cc1ccc(Oc2cc(F)ccc2C)c(C=O)c1. The Morgan fingerprint density at radius 2 is 1.83 bits per heavy atom. The number of ether oxygens (including phenoxy) is 1. The van der Waals surface area contributed by atoms with Gasteiger partial charge in [-0.2, -0.15) is 0 Å². The highest BCUT2D eigenvalue weighted by molar-refractivity contribution is 5.79. The first-order chi connectivity index (χ1) is 8.60. The fraction of sp³-hybridized carbons (Fsp3) is 0.133. The average Bonchev–Trinajstić information content (AvgIpc) is 2.36. The minimum absolute atomic E-state index is 0.365. The van der Waals surface area contributed by atoms with E-state index in [4.69, 9.17) is 4.74 Å². The molecule has 0 amide bonds. The van der Waals surface area contributed by atoms with Crippen LogP contribution in [0.15, 0.2) is 36.4 Å². The average molecular weight is 244 g/mol. The summed E-state index contributed by atoms with van der Waals surface area (Å²) in [6.07, 6.45) is 0.733. The monoisotopic (exact) mass is 244 g/mol. The highest BCUT2D eigenvalue weighted by atomic mass is 19.1. The van der Waals surface area contributed by atoms with Crippen molar-refractivity contribution in [2.45, 2.75) is 13.8 Å². The first kappa shape index (κ1) is 12.3. The molecule has 92 valence electrons. The van der Waals surface area contributed by atoms with Crippen molar-refractivity contribution in [2.75, 3.05) is 0 Å². The van der Waals surface area contributed by atoms with E-state index in [0.717, 1.165) is 17.4 Å². The van der Waals surface area contributed by atoms with Crippen LogP contribution in [0.3, 0.4) is 0 Å². The Labute approximate surface area is 105 Å². The number of hydrogen-bond donors (Lipinski definition) is 0. The van der Waals surface area contributed by atoms with Crippen LogP contribution in [0.5, 0.6) is 11.5 Å². The number of rotatable bonds is 3. The summed E-state index contributed by atoms with van der Waals surface area (Å²) in [5, 5.41) is 0. The van der Waals surface area contributed by atoms with Crippen LogP contribution in [0.25, 0.3) is 0 Å². The fourth-order valence-electron chi connectivity index (χ4n) is 1.66. The van der Waals surface area contributed by atoms with E-state index in [1.807, 2.05) is 19.9 Å². The van der Waals surface area contributed by atoms with Gasteiger partial charge in [0.1, 0.15) is 17.3 Å². The molecule has 0 aliphatic carbocycles. The second-order valence-corrected chi connectivity index (χ2v) is 4.17. The van der Waals surface area contributed by atoms with Gasteiger partial charge in [-0.05, 0) is 37.6 Å². The molecule has 3 heteroatoms. The maximum atomic E-state index is 13.1. The van der Waals surface area contributed by atoms with Crippen molar-refractivity contribution in [3.05, 3.63) is 58.9 Å². The van der Waals surface area contributed by atoms with Crippen LogP contribution < -0.4 is 4.74 Å². The molecule has 18 heavy (non-hydrogen) atoms. The van der Waals surface area contributed by atoms with Crippen molar-refractivity contribution in [1.29, 1.82) is 0 Å². The van der Waals surface area contributed by atoms with Gasteiger partial charge in [-0.15, -0.1) is 0 Å². The van der Waals surface area contributed by atoms with Gasteiger partial charge in [-0.25, -0.2) is 4.39 Å². The Morgan fingerprint density at radius 1 is 1.06 bits per heavy atom. The van der Waals surface area contributed by atoms with Crippen LogP contribution in [-0.2, 0) is 0 Å². The lowest BCUT2D eigenvalue weighted by molar-refractivity contribution is 0.112. The summed E-state index contributed by atoms with van der Waals surface area (Å²) in [6, 6.07) is 9.61. The van der Waals surface area contributed by atoms with Gasteiger partial charge in [0.2, 0.25) is 0 Å². The summed E-state index contributed by atoms with van der Waals surface area (Å²) >= 11 is 0. The topological polar surface area (TPSA) is 26.3 Å². The van der Waals surface area contributed by atoms with Crippen molar-refractivity contribution in [1.82, 2.24) is 0 Å². The Morgan fingerprint density at radius 3 is 2.56 bits per heavy atom. The van der Waals surface area contributed by atoms with Gasteiger partial charge >= 0.3 is 0 Å². The van der Waals surface area contributed by atoms with E-state index in [1.54, 1.807) is 18.2 Å². The number of aldehydes is 1. The van der Waals surface area contributed by atoms with E-state index in [1.165, 1.54) is 12.1 Å². The molecule has 2 nitrogen and oxygen atoms in total. The molecule has 0 aliphatic heterocycles. The number of benzene rings is 2. The molecule has 0 bridgehead atoms. The van der Waals surface area contributed by atoms with Gasteiger partial charge in [0.25, 0.3) is 0 Å². The maximum Gasteiger partial charge on any atom is 0.153 e. The number of carbonyl (C=O) groups is 1. The molecule has 0 fully saturated rings. The predicted molar refractivity (Wildman–Crippen MR) is 67.8 cm³/mol. The molecular weight excluding hydrogens is 231 g/mol. The van der Waals surface area contributed by atoms with Crippen molar-refractivity contribution < 1.29 is 13.9 Å². The number of aryl methyl sites for hydroxylation is 2. The molecular formula is C15H13FO2. The fourth-order valence-corrected chi connectivity index (χ4v) is 1.66. The maximum absolute atomic E-state index is 13.1. The molecule has 0 unspecified atom stereocenters. The Kier molecular flexibility index (Phi) is 3.42. The molecule has 2 aromatic carbocycles. The van der Waals surface area contributed by atoms with E-state index >= 15 is 0 Å². The van der Waals surface area contributed by atoms with Gasteiger partial charge in [-0.3, -0.25) is 4.79 Å². The van der Waals surface area contributed by atoms with Crippen LogP contribution in [0.2, 0.25) is 0 Å². The van der Waals surface area contributed by atoms with Gasteiger partial charge in [0, 0.05) is 6.07 Å². The summed E-state index contributed by atoms with van der Waals surface area (Å²) in [5.74, 6) is 0.488. The van der Waals surface area contributed by atoms with Crippen LogP contribution in [0.4, 0.5) is 4.39 Å². The standard InChI is InChI=1S/C15H13FO2/c1-10-3-6-14(12(7-10)9-17)18-15-8-13(16)5-4-11(15)2/h3-9H,1-2H3. The van der Waals surface area contributed by atoms with Gasteiger partial charge < -0.3 is 4.74 Å². The Balaban J connectivity index is 2.39.